The summed E-state index contributed by atoms with van der Waals surface area (Å²) in [6.45, 7) is 2.34. The third kappa shape index (κ3) is 2.56. The van der Waals surface area contributed by atoms with Gasteiger partial charge in [-0.15, -0.1) is 10.2 Å². The zero-order chi connectivity index (χ0) is 13.9. The lowest BCUT2D eigenvalue weighted by Crippen LogP contribution is -2.25. The number of hydrogen-bond donors (Lipinski definition) is 1. The van der Waals surface area contributed by atoms with Gasteiger partial charge in [-0.3, -0.25) is 4.79 Å². The number of carbonyl (C=O) groups excluding carboxylic acids is 1. The van der Waals surface area contributed by atoms with Crippen molar-refractivity contribution in [3.63, 3.8) is 0 Å². The SMILES string of the molecule is Cc1nnc(CCNC(=O)c2ccc3c(c2)OCO3)o1. The summed E-state index contributed by atoms with van der Waals surface area (Å²) in [6.07, 6.45) is 0.497. The van der Waals surface area contributed by atoms with Gasteiger partial charge in [-0.05, 0) is 18.2 Å². The van der Waals surface area contributed by atoms with Gasteiger partial charge in [-0.1, -0.05) is 0 Å². The number of hydrogen-bond acceptors (Lipinski definition) is 6. The van der Waals surface area contributed by atoms with Crippen molar-refractivity contribution < 1.29 is 18.7 Å². The van der Waals surface area contributed by atoms with Crippen LogP contribution in [0.2, 0.25) is 0 Å². The summed E-state index contributed by atoms with van der Waals surface area (Å²) in [7, 11) is 0. The van der Waals surface area contributed by atoms with Gasteiger partial charge >= 0.3 is 0 Å². The molecule has 1 aliphatic heterocycles. The Morgan fingerprint density at radius 2 is 2.15 bits per heavy atom. The largest absolute Gasteiger partial charge is 0.454 e. The molecule has 1 aromatic carbocycles. The Morgan fingerprint density at radius 1 is 1.30 bits per heavy atom. The van der Waals surface area contributed by atoms with E-state index >= 15 is 0 Å². The Labute approximate surface area is 114 Å². The first-order valence-electron chi connectivity index (χ1n) is 6.19. The molecule has 2 heterocycles. The number of aromatic nitrogens is 2. The molecule has 1 N–H and O–H groups in total. The fourth-order valence-corrected chi connectivity index (χ4v) is 1.86. The minimum Gasteiger partial charge on any atom is -0.454 e. The van der Waals surface area contributed by atoms with E-state index in [-0.39, 0.29) is 12.7 Å². The summed E-state index contributed by atoms with van der Waals surface area (Å²) in [6, 6.07) is 5.08. The van der Waals surface area contributed by atoms with Crippen molar-refractivity contribution in [1.29, 1.82) is 0 Å². The predicted molar refractivity (Wildman–Crippen MR) is 67.6 cm³/mol. The average molecular weight is 275 g/mol. The van der Waals surface area contributed by atoms with Crippen molar-refractivity contribution >= 4 is 5.91 Å². The van der Waals surface area contributed by atoms with Crippen LogP contribution < -0.4 is 14.8 Å². The van der Waals surface area contributed by atoms with E-state index in [1.54, 1.807) is 25.1 Å². The van der Waals surface area contributed by atoms with Crippen molar-refractivity contribution in [1.82, 2.24) is 15.5 Å². The van der Waals surface area contributed by atoms with E-state index in [0.717, 1.165) is 0 Å². The molecule has 2 aromatic rings. The molecule has 0 spiro atoms. The minimum atomic E-state index is -0.181. The summed E-state index contributed by atoms with van der Waals surface area (Å²) >= 11 is 0. The number of amides is 1. The molecule has 3 rings (SSSR count). The molecule has 20 heavy (non-hydrogen) atoms. The van der Waals surface area contributed by atoms with Crippen molar-refractivity contribution in [2.24, 2.45) is 0 Å². The minimum absolute atomic E-state index is 0.181. The number of fused-ring (bicyclic) bond motifs is 1. The van der Waals surface area contributed by atoms with Crippen LogP contribution >= 0.6 is 0 Å². The molecule has 0 bridgehead atoms. The monoisotopic (exact) mass is 275 g/mol. The molecule has 0 atom stereocenters. The fraction of sp³-hybridized carbons (Fsp3) is 0.308. The second-order valence-corrected chi connectivity index (χ2v) is 4.29. The summed E-state index contributed by atoms with van der Waals surface area (Å²) in [5, 5.41) is 10.4. The number of carbonyl (C=O) groups is 1. The fourth-order valence-electron chi connectivity index (χ4n) is 1.86. The number of ether oxygens (including phenoxy) is 2. The lowest BCUT2D eigenvalue weighted by Gasteiger charge is -2.04. The maximum absolute atomic E-state index is 12.0. The average Bonchev–Trinajstić information content (AvgIpc) is 3.06. The first kappa shape index (κ1) is 12.5. The molecule has 0 unspecified atom stereocenters. The molecule has 104 valence electrons. The van der Waals surface area contributed by atoms with E-state index in [2.05, 4.69) is 15.5 Å². The highest BCUT2D eigenvalue weighted by atomic mass is 16.7. The maximum atomic E-state index is 12.0. The molecule has 0 aliphatic carbocycles. The second-order valence-electron chi connectivity index (χ2n) is 4.29. The number of benzene rings is 1. The van der Waals surface area contributed by atoms with Gasteiger partial charge in [0.2, 0.25) is 18.6 Å². The highest BCUT2D eigenvalue weighted by Crippen LogP contribution is 2.32. The number of nitrogens with zero attached hydrogens (tertiary/aromatic N) is 2. The standard InChI is InChI=1S/C13H13N3O4/c1-8-15-16-12(20-8)4-5-14-13(17)9-2-3-10-11(6-9)19-7-18-10/h2-3,6H,4-5,7H2,1H3,(H,14,17). The molecule has 0 saturated carbocycles. The summed E-state index contributed by atoms with van der Waals surface area (Å²) in [4.78, 5) is 12.0. The van der Waals surface area contributed by atoms with Crippen LogP contribution in [0.4, 0.5) is 0 Å². The molecule has 7 nitrogen and oxygen atoms in total. The molecule has 1 amide bonds. The van der Waals surface area contributed by atoms with Crippen LogP contribution in [0.5, 0.6) is 11.5 Å². The van der Waals surface area contributed by atoms with E-state index in [4.69, 9.17) is 13.9 Å². The van der Waals surface area contributed by atoms with Crippen LogP contribution in [0.15, 0.2) is 22.6 Å². The van der Waals surface area contributed by atoms with Gasteiger partial charge in [0.1, 0.15) is 0 Å². The molecular weight excluding hydrogens is 262 g/mol. The topological polar surface area (TPSA) is 86.5 Å². The molecular formula is C13H13N3O4. The first-order valence-corrected chi connectivity index (χ1v) is 6.19. The van der Waals surface area contributed by atoms with Crippen LogP contribution in [0.3, 0.4) is 0 Å². The van der Waals surface area contributed by atoms with Crippen molar-refractivity contribution in [3.05, 3.63) is 35.5 Å². The second kappa shape index (κ2) is 5.20. The van der Waals surface area contributed by atoms with Crippen LogP contribution in [0, 0.1) is 6.92 Å². The smallest absolute Gasteiger partial charge is 0.251 e. The molecule has 0 radical (unpaired) electrons. The van der Waals surface area contributed by atoms with Gasteiger partial charge in [-0.2, -0.15) is 0 Å². The predicted octanol–water partition coefficient (Wildman–Crippen LogP) is 1.08. The number of aryl methyl sites for hydroxylation is 1. The summed E-state index contributed by atoms with van der Waals surface area (Å²) < 4.78 is 15.6. The maximum Gasteiger partial charge on any atom is 0.251 e. The molecule has 7 heteroatoms. The Hall–Kier alpha value is -2.57. The van der Waals surface area contributed by atoms with E-state index in [0.29, 0.717) is 41.8 Å². The lowest BCUT2D eigenvalue weighted by atomic mass is 10.2. The Balaban J connectivity index is 1.56. The first-order chi connectivity index (χ1) is 9.72. The van der Waals surface area contributed by atoms with Gasteiger partial charge < -0.3 is 19.2 Å². The van der Waals surface area contributed by atoms with E-state index in [9.17, 15) is 4.79 Å². The Morgan fingerprint density at radius 3 is 2.95 bits per heavy atom. The van der Waals surface area contributed by atoms with Gasteiger partial charge in [0, 0.05) is 25.5 Å². The third-order valence-electron chi connectivity index (χ3n) is 2.83. The van der Waals surface area contributed by atoms with Gasteiger partial charge in [-0.25, -0.2) is 0 Å². The highest BCUT2D eigenvalue weighted by molar-refractivity contribution is 5.94. The quantitative estimate of drug-likeness (QED) is 0.898. The van der Waals surface area contributed by atoms with Crippen molar-refractivity contribution in [2.45, 2.75) is 13.3 Å². The van der Waals surface area contributed by atoms with Crippen LogP contribution in [0.25, 0.3) is 0 Å². The molecule has 1 aliphatic rings. The van der Waals surface area contributed by atoms with Crippen molar-refractivity contribution in [3.8, 4) is 11.5 Å². The van der Waals surface area contributed by atoms with E-state index < -0.39 is 0 Å². The summed E-state index contributed by atoms with van der Waals surface area (Å²) in [5.74, 6) is 2.09. The van der Waals surface area contributed by atoms with Gasteiger partial charge in [0.25, 0.3) is 5.91 Å². The molecule has 0 fully saturated rings. The van der Waals surface area contributed by atoms with Crippen LogP contribution in [-0.2, 0) is 6.42 Å². The summed E-state index contributed by atoms with van der Waals surface area (Å²) in [5.41, 5.74) is 0.524. The number of rotatable bonds is 4. The van der Waals surface area contributed by atoms with Crippen molar-refractivity contribution in [2.75, 3.05) is 13.3 Å². The van der Waals surface area contributed by atoms with E-state index in [1.807, 2.05) is 0 Å². The zero-order valence-electron chi connectivity index (χ0n) is 10.9. The molecule has 1 aromatic heterocycles. The lowest BCUT2D eigenvalue weighted by molar-refractivity contribution is 0.0953. The Bertz CT molecular complexity index is 638. The third-order valence-corrected chi connectivity index (χ3v) is 2.83. The van der Waals surface area contributed by atoms with E-state index in [1.165, 1.54) is 0 Å². The number of nitrogens with one attached hydrogen (secondary N) is 1. The molecule has 0 saturated heterocycles. The zero-order valence-corrected chi connectivity index (χ0v) is 10.9. The van der Waals surface area contributed by atoms with Crippen LogP contribution in [0.1, 0.15) is 22.1 Å². The van der Waals surface area contributed by atoms with Gasteiger partial charge in [0.15, 0.2) is 11.5 Å². The van der Waals surface area contributed by atoms with Crippen LogP contribution in [-0.4, -0.2) is 29.4 Å². The van der Waals surface area contributed by atoms with Gasteiger partial charge in [0.05, 0.1) is 0 Å². The highest BCUT2D eigenvalue weighted by Gasteiger charge is 2.16. The normalized spacial score (nSPS) is 12.4. The Kier molecular flexibility index (Phi) is 3.24.